The first-order valence-corrected chi connectivity index (χ1v) is 9.82. The molecular formula is C23H21N3O6. The topological polar surface area (TPSA) is 123 Å². The number of esters is 1. The number of nitrogens with zero attached hydrogens (tertiary/aromatic N) is 2. The molecule has 0 radical (unpaired) electrons. The van der Waals surface area contributed by atoms with Crippen molar-refractivity contribution >= 4 is 22.5 Å². The summed E-state index contributed by atoms with van der Waals surface area (Å²) < 4.78 is 11.3. The van der Waals surface area contributed by atoms with Crippen molar-refractivity contribution in [3.05, 3.63) is 80.0 Å². The molecule has 4 aromatic rings. The Hall–Kier alpha value is -4.14. The first kappa shape index (κ1) is 21.1. The van der Waals surface area contributed by atoms with E-state index in [2.05, 4.69) is 9.97 Å². The number of aryl methyl sites for hydroxylation is 1. The monoisotopic (exact) mass is 435 g/mol. The van der Waals surface area contributed by atoms with Gasteiger partial charge in [-0.25, -0.2) is 0 Å². The van der Waals surface area contributed by atoms with Crippen LogP contribution in [0.1, 0.15) is 29.0 Å². The van der Waals surface area contributed by atoms with Gasteiger partial charge in [0.05, 0.1) is 26.2 Å². The smallest absolute Gasteiger partial charge is 0.306 e. The Labute approximate surface area is 181 Å². The van der Waals surface area contributed by atoms with Crippen LogP contribution in [0.15, 0.2) is 52.2 Å². The second-order valence-electron chi connectivity index (χ2n) is 7.43. The minimum atomic E-state index is -1.08. The zero-order valence-corrected chi connectivity index (χ0v) is 17.7. The number of methoxy groups -OCH3 is 2. The minimum absolute atomic E-state index is 0.123. The quantitative estimate of drug-likeness (QED) is 0.461. The second kappa shape index (κ2) is 8.18. The molecular weight excluding hydrogens is 414 g/mol. The van der Waals surface area contributed by atoms with E-state index in [1.807, 2.05) is 6.92 Å². The lowest BCUT2D eigenvalue weighted by atomic mass is 9.89. The van der Waals surface area contributed by atoms with Crippen molar-refractivity contribution in [2.75, 3.05) is 14.2 Å². The number of ether oxygens (including phenoxy) is 2. The van der Waals surface area contributed by atoms with E-state index in [9.17, 15) is 19.5 Å². The Morgan fingerprint density at radius 1 is 1.19 bits per heavy atom. The van der Waals surface area contributed by atoms with Gasteiger partial charge in [-0.2, -0.15) is 4.98 Å². The predicted octanol–water partition coefficient (Wildman–Crippen LogP) is 2.25. The molecule has 2 N–H and O–H groups in total. The number of hydrogen-bond donors (Lipinski definition) is 2. The highest BCUT2D eigenvalue weighted by atomic mass is 16.5. The van der Waals surface area contributed by atoms with Crippen LogP contribution in [0.4, 0.5) is 0 Å². The van der Waals surface area contributed by atoms with Gasteiger partial charge in [0.1, 0.15) is 11.4 Å². The Balaban J connectivity index is 2.01. The second-order valence-corrected chi connectivity index (χ2v) is 7.43. The van der Waals surface area contributed by atoms with Gasteiger partial charge in [0, 0.05) is 28.6 Å². The van der Waals surface area contributed by atoms with E-state index in [0.29, 0.717) is 16.7 Å². The maximum atomic E-state index is 13.3. The van der Waals surface area contributed by atoms with Gasteiger partial charge in [-0.3, -0.25) is 18.8 Å². The van der Waals surface area contributed by atoms with Gasteiger partial charge in [0.25, 0.3) is 11.1 Å². The highest BCUT2D eigenvalue weighted by Gasteiger charge is 2.29. The summed E-state index contributed by atoms with van der Waals surface area (Å²) in [4.78, 5) is 45.4. The molecule has 0 fully saturated rings. The maximum Gasteiger partial charge on any atom is 0.306 e. The van der Waals surface area contributed by atoms with Crippen LogP contribution in [-0.4, -0.2) is 39.7 Å². The lowest BCUT2D eigenvalue weighted by Crippen LogP contribution is -2.28. The number of H-pyrrole nitrogens is 1. The molecule has 3 heterocycles. The SMILES string of the molecule is COC(=O)CC(c1cc2cc(OC)ccc2[nH]c1=O)c1c(O)nc2ccc(C)cn2c1=O. The van der Waals surface area contributed by atoms with Gasteiger partial charge in [-0.15, -0.1) is 0 Å². The van der Waals surface area contributed by atoms with Crippen molar-refractivity contribution in [1.29, 1.82) is 0 Å². The van der Waals surface area contributed by atoms with Crippen molar-refractivity contribution in [1.82, 2.24) is 14.4 Å². The molecule has 3 aromatic heterocycles. The molecule has 0 bridgehead atoms. The Bertz CT molecular complexity index is 1470. The average Bonchev–Trinajstić information content (AvgIpc) is 2.78. The zero-order valence-electron chi connectivity index (χ0n) is 17.7. The first-order chi connectivity index (χ1) is 15.3. The molecule has 0 aliphatic carbocycles. The van der Waals surface area contributed by atoms with E-state index in [1.165, 1.54) is 18.6 Å². The van der Waals surface area contributed by atoms with Gasteiger partial charge in [0.15, 0.2) is 0 Å². The number of rotatable bonds is 5. The molecule has 9 nitrogen and oxygen atoms in total. The van der Waals surface area contributed by atoms with E-state index >= 15 is 0 Å². The van der Waals surface area contributed by atoms with E-state index < -0.39 is 28.9 Å². The van der Waals surface area contributed by atoms with Crippen LogP contribution in [0.25, 0.3) is 16.6 Å². The molecule has 32 heavy (non-hydrogen) atoms. The number of nitrogens with one attached hydrogen (secondary N) is 1. The fraction of sp³-hybridized carbons (Fsp3) is 0.217. The number of aromatic amines is 1. The minimum Gasteiger partial charge on any atom is -0.497 e. The molecule has 4 rings (SSSR count). The molecule has 9 heteroatoms. The zero-order chi connectivity index (χ0) is 23.0. The molecule has 0 aliphatic heterocycles. The van der Waals surface area contributed by atoms with Gasteiger partial charge in [-0.05, 0) is 42.8 Å². The average molecular weight is 435 g/mol. The van der Waals surface area contributed by atoms with Crippen LogP contribution in [0, 0.1) is 6.92 Å². The van der Waals surface area contributed by atoms with Gasteiger partial charge >= 0.3 is 5.97 Å². The summed E-state index contributed by atoms with van der Waals surface area (Å²) in [6, 6.07) is 10.1. The highest BCUT2D eigenvalue weighted by Crippen LogP contribution is 2.31. The van der Waals surface area contributed by atoms with Crippen molar-refractivity contribution in [3.8, 4) is 11.6 Å². The lowest BCUT2D eigenvalue weighted by molar-refractivity contribution is -0.140. The Morgan fingerprint density at radius 3 is 2.69 bits per heavy atom. The number of hydrogen-bond acceptors (Lipinski definition) is 7. The first-order valence-electron chi connectivity index (χ1n) is 9.82. The third-order valence-corrected chi connectivity index (χ3v) is 5.39. The Kier molecular flexibility index (Phi) is 5.40. The summed E-state index contributed by atoms with van der Waals surface area (Å²) in [7, 11) is 2.74. The fourth-order valence-electron chi connectivity index (χ4n) is 3.76. The van der Waals surface area contributed by atoms with E-state index in [-0.39, 0.29) is 23.2 Å². The number of aromatic hydroxyl groups is 1. The van der Waals surface area contributed by atoms with Crippen molar-refractivity contribution in [3.63, 3.8) is 0 Å². The third-order valence-electron chi connectivity index (χ3n) is 5.39. The van der Waals surface area contributed by atoms with Crippen LogP contribution in [0.5, 0.6) is 11.6 Å². The predicted molar refractivity (Wildman–Crippen MR) is 117 cm³/mol. The molecule has 1 unspecified atom stereocenters. The van der Waals surface area contributed by atoms with Crippen LogP contribution < -0.4 is 15.9 Å². The third kappa shape index (κ3) is 3.68. The van der Waals surface area contributed by atoms with Crippen molar-refractivity contribution in [2.45, 2.75) is 19.3 Å². The number of benzene rings is 1. The van der Waals surface area contributed by atoms with Gasteiger partial charge in [-0.1, -0.05) is 6.07 Å². The molecule has 1 atom stereocenters. The normalized spacial score (nSPS) is 12.1. The van der Waals surface area contributed by atoms with Crippen LogP contribution in [0.3, 0.4) is 0 Å². The summed E-state index contributed by atoms with van der Waals surface area (Å²) in [5.74, 6) is -1.70. The van der Waals surface area contributed by atoms with E-state index in [4.69, 9.17) is 9.47 Å². The van der Waals surface area contributed by atoms with Crippen LogP contribution in [-0.2, 0) is 9.53 Å². The van der Waals surface area contributed by atoms with Crippen molar-refractivity contribution < 1.29 is 19.4 Å². The number of fused-ring (bicyclic) bond motifs is 2. The van der Waals surface area contributed by atoms with Crippen LogP contribution in [0.2, 0.25) is 0 Å². The molecule has 1 aromatic carbocycles. The molecule has 0 amide bonds. The molecule has 0 aliphatic rings. The fourth-order valence-corrected chi connectivity index (χ4v) is 3.76. The van der Waals surface area contributed by atoms with Gasteiger partial charge in [0.2, 0.25) is 5.88 Å². The van der Waals surface area contributed by atoms with E-state index in [0.717, 1.165) is 5.56 Å². The summed E-state index contributed by atoms with van der Waals surface area (Å²) in [6.45, 7) is 1.81. The largest absolute Gasteiger partial charge is 0.497 e. The standard InChI is InChI=1S/C23H21N3O6/c1-12-4-7-18-25-22(29)20(23(30)26(18)11-12)15(10-19(27)32-3)16-9-13-8-14(31-2)5-6-17(13)24-21(16)28/h4-9,11,15,29H,10H2,1-3H3,(H,24,28). The van der Waals surface area contributed by atoms with E-state index in [1.54, 1.807) is 42.6 Å². The molecule has 0 saturated carbocycles. The maximum absolute atomic E-state index is 13.3. The summed E-state index contributed by atoms with van der Waals surface area (Å²) >= 11 is 0. The molecule has 164 valence electrons. The van der Waals surface area contributed by atoms with Gasteiger partial charge < -0.3 is 19.6 Å². The Morgan fingerprint density at radius 2 is 1.97 bits per heavy atom. The number of aromatic nitrogens is 3. The number of pyridine rings is 2. The highest BCUT2D eigenvalue weighted by molar-refractivity contribution is 5.81. The summed E-state index contributed by atoms with van der Waals surface area (Å²) in [5.41, 5.74) is 0.503. The number of carbonyl (C=O) groups excluding carboxylic acids is 1. The molecule has 0 spiro atoms. The lowest BCUT2D eigenvalue weighted by Gasteiger charge is -2.18. The van der Waals surface area contributed by atoms with Crippen LogP contribution >= 0.6 is 0 Å². The van der Waals surface area contributed by atoms with Crippen molar-refractivity contribution in [2.24, 2.45) is 0 Å². The summed E-state index contributed by atoms with van der Waals surface area (Å²) in [5, 5.41) is 11.3. The molecule has 0 saturated heterocycles. The number of carbonyl (C=O) groups is 1. The summed E-state index contributed by atoms with van der Waals surface area (Å²) in [6.07, 6.45) is 1.25.